The highest BCUT2D eigenvalue weighted by atomic mass is 32.1. The Hall–Kier alpha value is -1.29. The predicted molar refractivity (Wildman–Crippen MR) is 58.2 cm³/mol. The molecule has 2 aromatic rings. The number of hydrogen-bond donors (Lipinski definition) is 2. The molecular weight excluding hydrogens is 198 g/mol. The second-order valence-electron chi connectivity index (χ2n) is 3.21. The molecule has 3 nitrogen and oxygen atoms in total. The maximum Gasteiger partial charge on any atom is 0.252 e. The molecule has 0 fully saturated rings. The van der Waals surface area contributed by atoms with Gasteiger partial charge in [-0.3, -0.25) is 4.79 Å². The number of aromatic hydroxyl groups is 1. The van der Waals surface area contributed by atoms with Gasteiger partial charge < -0.3 is 10.1 Å². The second-order valence-corrected chi connectivity index (χ2v) is 4.44. The van der Waals surface area contributed by atoms with E-state index in [9.17, 15) is 9.90 Å². The summed E-state index contributed by atoms with van der Waals surface area (Å²) in [6.07, 6.45) is 0.867. The van der Waals surface area contributed by atoms with E-state index in [1.165, 1.54) is 17.4 Å². The average molecular weight is 209 g/mol. The zero-order chi connectivity index (χ0) is 10.3. The summed E-state index contributed by atoms with van der Waals surface area (Å²) >= 11 is 1.52. The van der Waals surface area contributed by atoms with Crippen molar-refractivity contribution in [2.45, 2.75) is 20.3 Å². The molecule has 0 aliphatic heterocycles. The third-order valence-electron chi connectivity index (χ3n) is 2.32. The number of nitrogens with one attached hydrogen (secondary N) is 1. The summed E-state index contributed by atoms with van der Waals surface area (Å²) in [5, 5.41) is 10.5. The van der Waals surface area contributed by atoms with Gasteiger partial charge in [-0.05, 0) is 18.9 Å². The van der Waals surface area contributed by atoms with E-state index in [4.69, 9.17) is 0 Å². The lowest BCUT2D eigenvalue weighted by atomic mass is 10.1. The highest BCUT2D eigenvalue weighted by Gasteiger charge is 2.12. The van der Waals surface area contributed by atoms with Crippen LogP contribution in [0.4, 0.5) is 0 Å². The van der Waals surface area contributed by atoms with Crippen molar-refractivity contribution in [1.82, 2.24) is 4.98 Å². The number of H-pyrrole nitrogens is 1. The van der Waals surface area contributed by atoms with Gasteiger partial charge in [-0.25, -0.2) is 0 Å². The summed E-state index contributed by atoms with van der Waals surface area (Å²) in [6, 6.07) is 1.23. The van der Waals surface area contributed by atoms with Crippen molar-refractivity contribution in [3.8, 4) is 5.75 Å². The van der Waals surface area contributed by atoms with E-state index < -0.39 is 0 Å². The van der Waals surface area contributed by atoms with Crippen LogP contribution in [0, 0.1) is 6.92 Å². The Morgan fingerprint density at radius 1 is 1.57 bits per heavy atom. The lowest BCUT2D eigenvalue weighted by Crippen LogP contribution is -2.01. The first-order valence-electron chi connectivity index (χ1n) is 4.47. The lowest BCUT2D eigenvalue weighted by Gasteiger charge is -1.97. The van der Waals surface area contributed by atoms with Crippen molar-refractivity contribution in [2.24, 2.45) is 0 Å². The van der Waals surface area contributed by atoms with Crippen LogP contribution in [0.2, 0.25) is 0 Å². The number of rotatable bonds is 1. The molecule has 14 heavy (non-hydrogen) atoms. The molecule has 2 N–H and O–H groups in total. The fourth-order valence-corrected chi connectivity index (χ4v) is 2.87. The molecule has 0 radical (unpaired) electrons. The zero-order valence-electron chi connectivity index (χ0n) is 8.05. The Kier molecular flexibility index (Phi) is 2.07. The summed E-state index contributed by atoms with van der Waals surface area (Å²) < 4.78 is 0. The van der Waals surface area contributed by atoms with E-state index in [-0.39, 0.29) is 11.3 Å². The molecule has 4 heteroatoms. The van der Waals surface area contributed by atoms with Crippen LogP contribution in [0.25, 0.3) is 10.2 Å². The van der Waals surface area contributed by atoms with Gasteiger partial charge >= 0.3 is 0 Å². The summed E-state index contributed by atoms with van der Waals surface area (Å²) in [5.74, 6) is 0.0879. The zero-order valence-corrected chi connectivity index (χ0v) is 8.86. The van der Waals surface area contributed by atoms with Gasteiger partial charge in [-0.2, -0.15) is 0 Å². The average Bonchev–Trinajstić information content (AvgIpc) is 2.40. The molecule has 0 saturated heterocycles. The molecule has 0 bridgehead atoms. The normalized spacial score (nSPS) is 11.0. The maximum absolute atomic E-state index is 11.1. The highest BCUT2D eigenvalue weighted by molar-refractivity contribution is 7.18. The quantitative estimate of drug-likeness (QED) is 0.756. The topological polar surface area (TPSA) is 53.1 Å². The van der Waals surface area contributed by atoms with Crippen molar-refractivity contribution in [3.05, 3.63) is 26.9 Å². The molecule has 0 spiro atoms. The van der Waals surface area contributed by atoms with Gasteiger partial charge in [0.05, 0.1) is 5.39 Å². The summed E-state index contributed by atoms with van der Waals surface area (Å²) in [4.78, 5) is 15.8. The first-order chi connectivity index (χ1) is 6.63. The molecule has 0 aliphatic carbocycles. The lowest BCUT2D eigenvalue weighted by molar-refractivity contribution is 0.480. The van der Waals surface area contributed by atoms with E-state index in [0.29, 0.717) is 0 Å². The van der Waals surface area contributed by atoms with Gasteiger partial charge in [0.1, 0.15) is 10.6 Å². The molecule has 2 aromatic heterocycles. The second kappa shape index (κ2) is 3.13. The summed E-state index contributed by atoms with van der Waals surface area (Å²) in [6.45, 7) is 4.04. The molecular formula is C10H11NO2S. The molecule has 0 aromatic carbocycles. The van der Waals surface area contributed by atoms with Crippen molar-refractivity contribution in [1.29, 1.82) is 0 Å². The first kappa shape index (κ1) is 9.27. The van der Waals surface area contributed by atoms with Crippen molar-refractivity contribution in [2.75, 3.05) is 0 Å². The van der Waals surface area contributed by atoms with E-state index in [2.05, 4.69) is 4.98 Å². The number of fused-ring (bicyclic) bond motifs is 1. The Morgan fingerprint density at radius 3 is 2.93 bits per heavy atom. The Morgan fingerprint density at radius 2 is 2.29 bits per heavy atom. The number of aromatic amines is 1. The van der Waals surface area contributed by atoms with Gasteiger partial charge in [-0.1, -0.05) is 6.92 Å². The molecule has 0 saturated carbocycles. The Labute approximate surface area is 85.0 Å². The third kappa shape index (κ3) is 1.23. The minimum absolute atomic E-state index is 0.0879. The van der Waals surface area contributed by atoms with Crippen molar-refractivity contribution >= 4 is 21.6 Å². The van der Waals surface area contributed by atoms with Crippen LogP contribution in [0.1, 0.15) is 17.4 Å². The first-order valence-corrected chi connectivity index (χ1v) is 5.29. The van der Waals surface area contributed by atoms with Crippen molar-refractivity contribution in [3.63, 3.8) is 0 Å². The Balaban J connectivity index is 2.95. The van der Waals surface area contributed by atoms with Gasteiger partial charge in [0, 0.05) is 10.9 Å². The van der Waals surface area contributed by atoms with E-state index in [1.807, 2.05) is 13.8 Å². The van der Waals surface area contributed by atoms with Gasteiger partial charge in [0.15, 0.2) is 0 Å². The molecule has 2 heterocycles. The van der Waals surface area contributed by atoms with E-state index in [1.54, 1.807) is 0 Å². The molecule has 74 valence electrons. The predicted octanol–water partition coefficient (Wildman–Crippen LogP) is 2.17. The van der Waals surface area contributed by atoms with Gasteiger partial charge in [-0.15, -0.1) is 11.3 Å². The molecule has 0 unspecified atom stereocenters. The minimum atomic E-state index is -0.251. The van der Waals surface area contributed by atoms with Crippen LogP contribution in [-0.4, -0.2) is 10.1 Å². The molecule has 2 rings (SSSR count). The smallest absolute Gasteiger partial charge is 0.252 e. The van der Waals surface area contributed by atoms with Crippen LogP contribution in [0.15, 0.2) is 10.9 Å². The number of pyridine rings is 1. The monoisotopic (exact) mass is 209 g/mol. The summed E-state index contributed by atoms with van der Waals surface area (Å²) in [5.41, 5.74) is 0.873. The minimum Gasteiger partial charge on any atom is -0.507 e. The largest absolute Gasteiger partial charge is 0.507 e. The third-order valence-corrected chi connectivity index (χ3v) is 3.39. The van der Waals surface area contributed by atoms with Crippen LogP contribution in [-0.2, 0) is 6.42 Å². The highest BCUT2D eigenvalue weighted by Crippen LogP contribution is 2.34. The van der Waals surface area contributed by atoms with E-state index >= 15 is 0 Å². The van der Waals surface area contributed by atoms with Crippen LogP contribution >= 0.6 is 11.3 Å². The number of aryl methyl sites for hydroxylation is 2. The fourth-order valence-electron chi connectivity index (χ4n) is 1.71. The van der Waals surface area contributed by atoms with Crippen LogP contribution in [0.3, 0.4) is 0 Å². The maximum atomic E-state index is 11.1. The molecule has 0 aliphatic rings. The van der Waals surface area contributed by atoms with Gasteiger partial charge in [0.2, 0.25) is 0 Å². The van der Waals surface area contributed by atoms with E-state index in [0.717, 1.165) is 27.1 Å². The number of hydrogen-bond acceptors (Lipinski definition) is 3. The van der Waals surface area contributed by atoms with Crippen LogP contribution < -0.4 is 5.56 Å². The Bertz CT molecular complexity index is 539. The summed E-state index contributed by atoms with van der Waals surface area (Å²) in [7, 11) is 0. The number of aromatic nitrogens is 1. The standard InChI is InChI=1S/C10H11NO2S/c1-3-6-5(2)14-10-9(6)7(12)4-8(13)11-10/h4H,3H2,1-2H3,(H2,11,12,13). The van der Waals surface area contributed by atoms with Crippen LogP contribution in [0.5, 0.6) is 5.75 Å². The van der Waals surface area contributed by atoms with Crippen molar-refractivity contribution < 1.29 is 5.11 Å². The molecule has 0 amide bonds. The number of thiophene rings is 1. The fraction of sp³-hybridized carbons (Fsp3) is 0.300. The SMILES string of the molecule is CCc1c(C)sc2[nH]c(=O)cc(O)c12. The van der Waals surface area contributed by atoms with Gasteiger partial charge in [0.25, 0.3) is 5.56 Å². The molecule has 0 atom stereocenters.